The van der Waals surface area contributed by atoms with Crippen LogP contribution in [-0.4, -0.2) is 28.2 Å². The Balaban J connectivity index is 0.000000177. The number of hydrogen-bond acceptors (Lipinski definition) is 6. The zero-order chi connectivity index (χ0) is 40.9. The number of pyridine rings is 2. The van der Waals surface area contributed by atoms with Crippen molar-refractivity contribution in [3.8, 4) is 35.3 Å². The Labute approximate surface area is 341 Å². The summed E-state index contributed by atoms with van der Waals surface area (Å²) >= 11 is 12.8. The number of fused-ring (bicyclic) bond motifs is 2. The average molecular weight is 804 g/mol. The molecule has 0 atom stereocenters. The third-order valence-corrected chi connectivity index (χ3v) is 9.56. The standard InChI is InChI=1S/C24H18ClN3O2.C22H14ClN3O2/c1-16(2)27-21-11-7-6-10-19(21)23(29)28(24(27)30)22-20(25)14-18(15-26-22)13-12-17-8-4-3-5-9-17;1-25-19-10-6-5-9-17(19)21(27)26(22(25)28)20-18(23)13-16(14-24-20)12-11-15-7-3-2-4-8-15/h3-11,14-16H,1-2H3;2-10,13-14H,1H3. The van der Waals surface area contributed by atoms with Crippen LogP contribution in [0, 0.1) is 23.7 Å². The second-order valence-electron chi connectivity index (χ2n) is 13.2. The molecule has 0 aliphatic carbocycles. The monoisotopic (exact) mass is 802 g/mol. The first-order valence-corrected chi connectivity index (χ1v) is 18.7. The van der Waals surface area contributed by atoms with Gasteiger partial charge in [-0.15, -0.1) is 0 Å². The number of aromatic nitrogens is 6. The Morgan fingerprint density at radius 2 is 0.914 bits per heavy atom. The molecule has 58 heavy (non-hydrogen) atoms. The molecule has 0 amide bonds. The van der Waals surface area contributed by atoms with Crippen molar-refractivity contribution in [3.63, 3.8) is 0 Å². The van der Waals surface area contributed by atoms with Gasteiger partial charge in [0.1, 0.15) is 0 Å². The third kappa shape index (κ3) is 7.89. The van der Waals surface area contributed by atoms with E-state index in [9.17, 15) is 19.2 Å². The van der Waals surface area contributed by atoms with E-state index in [1.54, 1.807) is 72.3 Å². The normalized spacial score (nSPS) is 10.7. The molecule has 0 saturated heterocycles. The van der Waals surface area contributed by atoms with E-state index in [4.69, 9.17) is 23.2 Å². The van der Waals surface area contributed by atoms with Gasteiger partial charge < -0.3 is 0 Å². The van der Waals surface area contributed by atoms with E-state index in [-0.39, 0.29) is 27.7 Å². The lowest BCUT2D eigenvalue weighted by Gasteiger charge is -2.16. The predicted octanol–water partition coefficient (Wildman–Crippen LogP) is 7.32. The Kier molecular flexibility index (Phi) is 11.3. The summed E-state index contributed by atoms with van der Waals surface area (Å²) < 4.78 is 4.98. The Bertz CT molecular complexity index is 3240. The van der Waals surface area contributed by atoms with Gasteiger partial charge in [0.05, 0.1) is 31.9 Å². The minimum atomic E-state index is -0.513. The third-order valence-electron chi connectivity index (χ3n) is 9.01. The molecule has 0 aliphatic heterocycles. The molecule has 0 aliphatic rings. The number of nitrogens with zero attached hydrogens (tertiary/aromatic N) is 6. The Morgan fingerprint density at radius 3 is 1.38 bits per heavy atom. The van der Waals surface area contributed by atoms with Gasteiger partial charge in [-0.1, -0.05) is 108 Å². The van der Waals surface area contributed by atoms with E-state index in [1.165, 1.54) is 17.0 Å². The summed E-state index contributed by atoms with van der Waals surface area (Å²) in [5.74, 6) is 12.2. The summed E-state index contributed by atoms with van der Waals surface area (Å²) in [6.07, 6.45) is 3.01. The quantitative estimate of drug-likeness (QED) is 0.173. The van der Waals surface area contributed by atoms with Gasteiger partial charge in [0.2, 0.25) is 0 Å². The highest BCUT2D eigenvalue weighted by molar-refractivity contribution is 6.32. The van der Waals surface area contributed by atoms with Crippen molar-refractivity contribution < 1.29 is 0 Å². The smallest absolute Gasteiger partial charge is 0.296 e. The molecule has 4 aromatic heterocycles. The molecule has 0 N–H and O–H groups in total. The maximum atomic E-state index is 13.2. The maximum absolute atomic E-state index is 13.2. The fraction of sp³-hybridized carbons (Fsp3) is 0.0870. The van der Waals surface area contributed by atoms with Crippen molar-refractivity contribution in [1.82, 2.24) is 28.2 Å². The average Bonchev–Trinajstić information content (AvgIpc) is 3.23. The van der Waals surface area contributed by atoms with E-state index in [0.29, 0.717) is 32.9 Å². The molecule has 0 bridgehead atoms. The fourth-order valence-electron chi connectivity index (χ4n) is 6.22. The number of benzene rings is 4. The molecular formula is C46H32Cl2N6O4. The van der Waals surface area contributed by atoms with Gasteiger partial charge in [0, 0.05) is 47.7 Å². The van der Waals surface area contributed by atoms with Crippen LogP contribution in [0.1, 0.15) is 42.1 Å². The van der Waals surface area contributed by atoms with Crippen LogP contribution >= 0.6 is 23.2 Å². The first-order chi connectivity index (χ1) is 28.0. The van der Waals surface area contributed by atoms with Crippen molar-refractivity contribution in [2.45, 2.75) is 19.9 Å². The topological polar surface area (TPSA) is 114 Å². The van der Waals surface area contributed by atoms with Gasteiger partial charge in [0.25, 0.3) is 11.1 Å². The van der Waals surface area contributed by atoms with Gasteiger partial charge in [-0.3, -0.25) is 18.7 Å². The Hall–Kier alpha value is -7.24. The van der Waals surface area contributed by atoms with E-state index < -0.39 is 22.5 Å². The number of aryl methyl sites for hydroxylation is 1. The van der Waals surface area contributed by atoms with Crippen molar-refractivity contribution in [3.05, 3.63) is 208 Å². The highest BCUT2D eigenvalue weighted by Crippen LogP contribution is 2.20. The zero-order valence-corrected chi connectivity index (χ0v) is 32.9. The minimum absolute atomic E-state index is 0.0864. The molecule has 0 radical (unpaired) electrons. The van der Waals surface area contributed by atoms with Gasteiger partial charge >= 0.3 is 11.4 Å². The molecule has 284 valence electrons. The molecule has 10 nitrogen and oxygen atoms in total. The first-order valence-electron chi connectivity index (χ1n) is 18.0. The molecule has 0 fully saturated rings. The summed E-state index contributed by atoms with van der Waals surface area (Å²) in [7, 11) is 1.61. The van der Waals surface area contributed by atoms with E-state index in [1.807, 2.05) is 74.5 Å². The SMILES string of the molecule is CC(C)n1c(=O)n(-c2ncc(C#Cc3ccccc3)cc2Cl)c(=O)c2ccccc21.Cn1c(=O)n(-c2ncc(C#Cc3ccccc3)cc2Cl)c(=O)c2ccccc21. The number of halogens is 2. The van der Waals surface area contributed by atoms with Crippen LogP contribution in [-0.2, 0) is 7.05 Å². The molecule has 0 spiro atoms. The zero-order valence-electron chi connectivity index (χ0n) is 31.4. The largest absolute Gasteiger partial charge is 0.337 e. The van der Waals surface area contributed by atoms with Gasteiger partial charge in [-0.25, -0.2) is 28.7 Å². The molecule has 8 aromatic rings. The highest BCUT2D eigenvalue weighted by Gasteiger charge is 2.19. The van der Waals surface area contributed by atoms with Crippen LogP contribution in [0.4, 0.5) is 0 Å². The second-order valence-corrected chi connectivity index (χ2v) is 14.0. The first kappa shape index (κ1) is 39.0. The lowest BCUT2D eigenvalue weighted by Crippen LogP contribution is -2.40. The summed E-state index contributed by atoms with van der Waals surface area (Å²) in [4.78, 5) is 60.5. The minimum Gasteiger partial charge on any atom is -0.296 e. The van der Waals surface area contributed by atoms with E-state index >= 15 is 0 Å². The molecular weight excluding hydrogens is 771 g/mol. The highest BCUT2D eigenvalue weighted by atomic mass is 35.5. The molecule has 12 heteroatoms. The van der Waals surface area contributed by atoms with Crippen LogP contribution in [0.2, 0.25) is 10.0 Å². The second kappa shape index (κ2) is 16.9. The van der Waals surface area contributed by atoms with E-state index in [0.717, 1.165) is 20.3 Å². The molecule has 0 unspecified atom stereocenters. The summed E-state index contributed by atoms with van der Waals surface area (Å²) in [6, 6.07) is 36.1. The molecule has 8 rings (SSSR count). The maximum Gasteiger partial charge on any atom is 0.337 e. The summed E-state index contributed by atoms with van der Waals surface area (Å²) in [5, 5.41) is 1.20. The van der Waals surface area contributed by atoms with Crippen molar-refractivity contribution >= 4 is 45.0 Å². The predicted molar refractivity (Wildman–Crippen MR) is 229 cm³/mol. The van der Waals surface area contributed by atoms with Gasteiger partial charge in [-0.05, 0) is 74.5 Å². The molecule has 4 heterocycles. The van der Waals surface area contributed by atoms with Crippen LogP contribution in [0.15, 0.2) is 153 Å². The van der Waals surface area contributed by atoms with Crippen molar-refractivity contribution in [2.24, 2.45) is 7.05 Å². The molecule has 0 saturated carbocycles. The van der Waals surface area contributed by atoms with Crippen molar-refractivity contribution in [1.29, 1.82) is 0 Å². The van der Waals surface area contributed by atoms with Gasteiger partial charge in [-0.2, -0.15) is 0 Å². The van der Waals surface area contributed by atoms with Crippen LogP contribution in [0.25, 0.3) is 33.4 Å². The van der Waals surface area contributed by atoms with Gasteiger partial charge in [0.15, 0.2) is 11.6 Å². The molecule has 4 aromatic carbocycles. The van der Waals surface area contributed by atoms with E-state index in [2.05, 4.69) is 33.6 Å². The lowest BCUT2D eigenvalue weighted by atomic mass is 10.2. The summed E-state index contributed by atoms with van der Waals surface area (Å²) in [6.45, 7) is 3.78. The number of para-hydroxylation sites is 2. The fourth-order valence-corrected chi connectivity index (χ4v) is 6.72. The van der Waals surface area contributed by atoms with Crippen LogP contribution in [0.5, 0.6) is 0 Å². The van der Waals surface area contributed by atoms with Crippen LogP contribution < -0.4 is 22.5 Å². The number of hydrogen-bond donors (Lipinski definition) is 0. The van der Waals surface area contributed by atoms with Crippen molar-refractivity contribution in [2.75, 3.05) is 0 Å². The summed E-state index contributed by atoms with van der Waals surface area (Å²) in [5.41, 5.74) is 2.13. The lowest BCUT2D eigenvalue weighted by molar-refractivity contribution is 0.568. The Morgan fingerprint density at radius 1 is 0.517 bits per heavy atom. The van der Waals surface area contributed by atoms with Crippen LogP contribution in [0.3, 0.4) is 0 Å². The number of rotatable bonds is 3.